The molecule has 0 radical (unpaired) electrons. The van der Waals surface area contributed by atoms with Gasteiger partial charge in [0, 0.05) is 10.0 Å². The summed E-state index contributed by atoms with van der Waals surface area (Å²) in [6.07, 6.45) is 0. The van der Waals surface area contributed by atoms with Crippen LogP contribution in [-0.2, 0) is 4.79 Å². The summed E-state index contributed by atoms with van der Waals surface area (Å²) in [6.45, 7) is -0.464. The van der Waals surface area contributed by atoms with Crippen LogP contribution in [0.3, 0.4) is 0 Å². The maximum atomic E-state index is 10.7. The molecular formula is C17H13BrN2O5. The number of rotatable bonds is 6. The molecule has 3 aromatic rings. The van der Waals surface area contributed by atoms with Gasteiger partial charge in [0.1, 0.15) is 11.5 Å². The number of carboxylic acids is 1. The number of methoxy groups -OCH3 is 1. The maximum Gasteiger partial charge on any atom is 0.341 e. The molecule has 8 heteroatoms. The Kier molecular flexibility index (Phi) is 4.99. The molecule has 0 atom stereocenters. The van der Waals surface area contributed by atoms with Crippen molar-refractivity contribution in [1.29, 1.82) is 0 Å². The fraction of sp³-hybridized carbons (Fsp3) is 0.118. The zero-order chi connectivity index (χ0) is 17.8. The largest absolute Gasteiger partial charge is 0.497 e. The van der Waals surface area contributed by atoms with Gasteiger partial charge < -0.3 is 19.1 Å². The molecular weight excluding hydrogens is 392 g/mol. The first-order valence-electron chi connectivity index (χ1n) is 7.19. The molecule has 1 aromatic heterocycles. The molecule has 0 aliphatic heterocycles. The summed E-state index contributed by atoms with van der Waals surface area (Å²) in [6, 6.07) is 12.3. The highest BCUT2D eigenvalue weighted by Crippen LogP contribution is 2.33. The van der Waals surface area contributed by atoms with Gasteiger partial charge in [-0.15, -0.1) is 0 Å². The molecule has 0 saturated heterocycles. The lowest BCUT2D eigenvalue weighted by molar-refractivity contribution is -0.139. The predicted molar refractivity (Wildman–Crippen MR) is 92.6 cm³/mol. The first-order valence-corrected chi connectivity index (χ1v) is 7.99. The number of nitrogens with zero attached hydrogens (tertiary/aromatic N) is 2. The molecule has 0 saturated carbocycles. The fourth-order valence-electron chi connectivity index (χ4n) is 2.12. The summed E-state index contributed by atoms with van der Waals surface area (Å²) in [4.78, 5) is 15.1. The van der Waals surface area contributed by atoms with Gasteiger partial charge in [0.25, 0.3) is 5.89 Å². The highest BCUT2D eigenvalue weighted by atomic mass is 79.9. The van der Waals surface area contributed by atoms with E-state index in [2.05, 4.69) is 26.1 Å². The summed E-state index contributed by atoms with van der Waals surface area (Å²) >= 11 is 3.37. The highest BCUT2D eigenvalue weighted by molar-refractivity contribution is 9.10. The third kappa shape index (κ3) is 3.97. The number of halogens is 1. The van der Waals surface area contributed by atoms with Crippen LogP contribution in [0.25, 0.3) is 22.8 Å². The van der Waals surface area contributed by atoms with E-state index in [0.29, 0.717) is 17.1 Å². The Morgan fingerprint density at radius 1 is 1.24 bits per heavy atom. The normalized spacial score (nSPS) is 10.5. The molecule has 0 aliphatic rings. The van der Waals surface area contributed by atoms with Crippen LogP contribution in [0.15, 0.2) is 51.5 Å². The molecule has 7 nitrogen and oxygen atoms in total. The average Bonchev–Trinajstić information content (AvgIpc) is 3.10. The third-order valence-corrected chi connectivity index (χ3v) is 3.79. The van der Waals surface area contributed by atoms with Gasteiger partial charge in [-0.1, -0.05) is 21.1 Å². The Hall–Kier alpha value is -2.87. The SMILES string of the molecule is COc1ccc(-c2noc(-c3cc(Br)ccc3OCC(=O)O)n2)cc1. The molecule has 0 unspecified atom stereocenters. The van der Waals surface area contributed by atoms with Crippen molar-refractivity contribution < 1.29 is 23.9 Å². The van der Waals surface area contributed by atoms with Crippen LogP contribution in [0, 0.1) is 0 Å². The second kappa shape index (κ2) is 7.35. The van der Waals surface area contributed by atoms with Crippen LogP contribution in [-0.4, -0.2) is 34.9 Å². The molecule has 0 amide bonds. The fourth-order valence-corrected chi connectivity index (χ4v) is 2.49. The Morgan fingerprint density at radius 2 is 2.00 bits per heavy atom. The van der Waals surface area contributed by atoms with E-state index in [-0.39, 0.29) is 5.89 Å². The van der Waals surface area contributed by atoms with Crippen LogP contribution in [0.2, 0.25) is 0 Å². The molecule has 0 aliphatic carbocycles. The van der Waals surface area contributed by atoms with Crippen molar-refractivity contribution in [3.8, 4) is 34.3 Å². The number of aromatic nitrogens is 2. The number of hydrogen-bond donors (Lipinski definition) is 1. The number of ether oxygens (including phenoxy) is 2. The van der Waals surface area contributed by atoms with Gasteiger partial charge in [-0.2, -0.15) is 4.98 Å². The van der Waals surface area contributed by atoms with Gasteiger partial charge in [0.2, 0.25) is 5.82 Å². The van der Waals surface area contributed by atoms with Crippen LogP contribution in [0.1, 0.15) is 0 Å². The van der Waals surface area contributed by atoms with Crippen molar-refractivity contribution >= 4 is 21.9 Å². The van der Waals surface area contributed by atoms with E-state index in [9.17, 15) is 4.79 Å². The summed E-state index contributed by atoms with van der Waals surface area (Å²) in [5.74, 6) is 0.631. The smallest absolute Gasteiger partial charge is 0.341 e. The lowest BCUT2D eigenvalue weighted by Gasteiger charge is -2.07. The molecule has 0 bridgehead atoms. The number of benzene rings is 2. The van der Waals surface area contributed by atoms with Gasteiger partial charge in [0.05, 0.1) is 12.7 Å². The molecule has 2 aromatic carbocycles. The minimum absolute atomic E-state index is 0.229. The van der Waals surface area contributed by atoms with E-state index in [4.69, 9.17) is 19.1 Å². The topological polar surface area (TPSA) is 94.7 Å². The summed E-state index contributed by atoms with van der Waals surface area (Å²) in [7, 11) is 1.59. The van der Waals surface area contributed by atoms with E-state index in [1.807, 2.05) is 12.1 Å². The molecule has 25 heavy (non-hydrogen) atoms. The number of aliphatic carboxylic acids is 1. The lowest BCUT2D eigenvalue weighted by atomic mass is 10.2. The molecule has 1 N–H and O–H groups in total. The molecule has 3 rings (SSSR count). The Balaban J connectivity index is 1.93. The maximum absolute atomic E-state index is 10.7. The zero-order valence-corrected chi connectivity index (χ0v) is 14.7. The number of hydrogen-bond acceptors (Lipinski definition) is 6. The van der Waals surface area contributed by atoms with E-state index in [1.54, 1.807) is 37.4 Å². The Morgan fingerprint density at radius 3 is 2.68 bits per heavy atom. The summed E-state index contributed by atoms with van der Waals surface area (Å²) < 4.78 is 16.5. The van der Waals surface area contributed by atoms with Crippen molar-refractivity contribution in [2.24, 2.45) is 0 Å². The minimum Gasteiger partial charge on any atom is -0.497 e. The molecule has 0 spiro atoms. The Labute approximate surface area is 151 Å². The monoisotopic (exact) mass is 404 g/mol. The second-order valence-corrected chi connectivity index (χ2v) is 5.89. The predicted octanol–water partition coefficient (Wildman–Crippen LogP) is 3.64. The van der Waals surface area contributed by atoms with E-state index >= 15 is 0 Å². The number of carbonyl (C=O) groups is 1. The first kappa shape index (κ1) is 17.0. The van der Waals surface area contributed by atoms with E-state index in [1.165, 1.54) is 0 Å². The van der Waals surface area contributed by atoms with Crippen LogP contribution in [0.5, 0.6) is 11.5 Å². The summed E-state index contributed by atoms with van der Waals surface area (Å²) in [5, 5.41) is 12.8. The van der Waals surface area contributed by atoms with Gasteiger partial charge >= 0.3 is 5.97 Å². The van der Waals surface area contributed by atoms with Gasteiger partial charge in [-0.05, 0) is 42.5 Å². The molecule has 1 heterocycles. The molecule has 0 fully saturated rings. The Bertz CT molecular complexity index is 892. The van der Waals surface area contributed by atoms with Crippen molar-refractivity contribution in [2.45, 2.75) is 0 Å². The van der Waals surface area contributed by atoms with Crippen molar-refractivity contribution in [3.63, 3.8) is 0 Å². The van der Waals surface area contributed by atoms with Crippen LogP contribution >= 0.6 is 15.9 Å². The minimum atomic E-state index is -1.07. The van der Waals surface area contributed by atoms with Crippen molar-refractivity contribution in [1.82, 2.24) is 10.1 Å². The zero-order valence-electron chi connectivity index (χ0n) is 13.1. The quantitative estimate of drug-likeness (QED) is 0.669. The second-order valence-electron chi connectivity index (χ2n) is 4.97. The first-order chi connectivity index (χ1) is 12.1. The van der Waals surface area contributed by atoms with E-state index < -0.39 is 12.6 Å². The van der Waals surface area contributed by atoms with Gasteiger partial charge in [-0.25, -0.2) is 4.79 Å². The summed E-state index contributed by atoms with van der Waals surface area (Å²) in [5.41, 5.74) is 1.27. The van der Waals surface area contributed by atoms with Gasteiger partial charge in [0.15, 0.2) is 6.61 Å². The van der Waals surface area contributed by atoms with Crippen LogP contribution < -0.4 is 9.47 Å². The highest BCUT2D eigenvalue weighted by Gasteiger charge is 2.16. The number of carboxylic acid groups (broad SMARTS) is 1. The van der Waals surface area contributed by atoms with Crippen molar-refractivity contribution in [2.75, 3.05) is 13.7 Å². The lowest BCUT2D eigenvalue weighted by Crippen LogP contribution is -2.10. The standard InChI is InChI=1S/C17H13BrN2O5/c1-23-12-5-2-10(3-6-12)16-19-17(25-20-16)13-8-11(18)4-7-14(13)24-9-15(21)22/h2-8H,9H2,1H3,(H,21,22). The van der Waals surface area contributed by atoms with Gasteiger partial charge in [-0.3, -0.25) is 0 Å². The third-order valence-electron chi connectivity index (χ3n) is 3.30. The van der Waals surface area contributed by atoms with E-state index in [0.717, 1.165) is 15.8 Å². The molecule has 128 valence electrons. The van der Waals surface area contributed by atoms with Crippen molar-refractivity contribution in [3.05, 3.63) is 46.9 Å². The average molecular weight is 405 g/mol. The van der Waals surface area contributed by atoms with Crippen LogP contribution in [0.4, 0.5) is 0 Å².